The topological polar surface area (TPSA) is 58.6 Å². The molecule has 1 aromatic carbocycles. The van der Waals surface area contributed by atoms with Crippen molar-refractivity contribution in [1.82, 2.24) is 10.2 Å². The molecule has 6 heteroatoms. The van der Waals surface area contributed by atoms with E-state index in [0.717, 1.165) is 19.6 Å². The highest BCUT2D eigenvalue weighted by atomic mass is 32.1. The number of ether oxygens (including phenoxy) is 1. The summed E-state index contributed by atoms with van der Waals surface area (Å²) in [4.78, 5) is 26.1. The second-order valence-corrected chi connectivity index (χ2v) is 7.14. The molecule has 2 rings (SSSR count). The number of rotatable bonds is 6. The van der Waals surface area contributed by atoms with Crippen molar-refractivity contribution in [3.8, 4) is 0 Å². The zero-order valence-electron chi connectivity index (χ0n) is 14.3. The molecule has 0 radical (unpaired) electrons. The highest BCUT2D eigenvalue weighted by Gasteiger charge is 2.43. The van der Waals surface area contributed by atoms with Crippen molar-refractivity contribution in [3.63, 3.8) is 0 Å². The largest absolute Gasteiger partial charge is 0.464 e. The van der Waals surface area contributed by atoms with Gasteiger partial charge in [0, 0.05) is 18.2 Å². The molecule has 24 heavy (non-hydrogen) atoms. The molecule has 1 atom stereocenters. The van der Waals surface area contributed by atoms with Crippen LogP contribution in [0.3, 0.4) is 0 Å². The number of esters is 1. The van der Waals surface area contributed by atoms with Gasteiger partial charge in [0.15, 0.2) is 0 Å². The number of carbonyl (C=O) groups excluding carboxylic acids is 2. The summed E-state index contributed by atoms with van der Waals surface area (Å²) in [5.74, 6) is -0.646. The molecular formula is C18H26N2O3S. The van der Waals surface area contributed by atoms with Gasteiger partial charge >= 0.3 is 5.97 Å². The third-order valence-corrected chi connectivity index (χ3v) is 5.08. The number of hydrogen-bond acceptors (Lipinski definition) is 5. The van der Waals surface area contributed by atoms with Crippen molar-refractivity contribution in [3.05, 3.63) is 35.9 Å². The normalized spacial score (nSPS) is 18.6. The lowest BCUT2D eigenvalue weighted by atomic mass is 9.87. The zero-order valence-corrected chi connectivity index (χ0v) is 15.2. The Bertz CT molecular complexity index is 557. The van der Waals surface area contributed by atoms with Crippen LogP contribution in [-0.2, 0) is 20.9 Å². The van der Waals surface area contributed by atoms with Crippen molar-refractivity contribution in [2.24, 2.45) is 0 Å². The van der Waals surface area contributed by atoms with Crippen molar-refractivity contribution in [1.29, 1.82) is 0 Å². The van der Waals surface area contributed by atoms with Gasteiger partial charge in [-0.3, -0.25) is 9.69 Å². The van der Waals surface area contributed by atoms with E-state index in [-0.39, 0.29) is 5.91 Å². The number of hydrogen-bond donors (Lipinski definition) is 2. The maximum atomic E-state index is 12.3. The van der Waals surface area contributed by atoms with Crippen molar-refractivity contribution in [2.75, 3.05) is 19.7 Å². The molecular weight excluding hydrogens is 324 g/mol. The number of benzene rings is 1. The molecule has 0 aliphatic carbocycles. The number of nitrogens with zero attached hydrogens (tertiary/aromatic N) is 1. The predicted molar refractivity (Wildman–Crippen MR) is 96.9 cm³/mol. The van der Waals surface area contributed by atoms with Gasteiger partial charge in [0.2, 0.25) is 5.91 Å². The smallest absolute Gasteiger partial charge is 0.330 e. The molecule has 0 bridgehead atoms. The van der Waals surface area contributed by atoms with E-state index in [0.29, 0.717) is 19.4 Å². The predicted octanol–water partition coefficient (Wildman–Crippen LogP) is 2.02. The van der Waals surface area contributed by atoms with Crippen LogP contribution in [0.5, 0.6) is 0 Å². The Morgan fingerprint density at radius 2 is 1.92 bits per heavy atom. The first kappa shape index (κ1) is 18.8. The number of amides is 1. The molecule has 1 amide bonds. The van der Waals surface area contributed by atoms with Crippen LogP contribution in [-0.4, -0.2) is 47.3 Å². The van der Waals surface area contributed by atoms with Gasteiger partial charge in [-0.1, -0.05) is 30.3 Å². The summed E-state index contributed by atoms with van der Waals surface area (Å²) in [5, 5.41) is 2.73. The van der Waals surface area contributed by atoms with Gasteiger partial charge in [0.1, 0.15) is 6.04 Å². The molecule has 0 spiro atoms. The van der Waals surface area contributed by atoms with Crippen LogP contribution in [0.1, 0.15) is 32.3 Å². The van der Waals surface area contributed by atoms with Crippen LogP contribution in [0.25, 0.3) is 0 Å². The summed E-state index contributed by atoms with van der Waals surface area (Å²) in [6.07, 6.45) is 1.43. The van der Waals surface area contributed by atoms with Crippen molar-refractivity contribution < 1.29 is 14.3 Å². The fourth-order valence-electron chi connectivity index (χ4n) is 3.07. The summed E-state index contributed by atoms with van der Waals surface area (Å²) in [5.41, 5.74) is 1.27. The minimum absolute atomic E-state index is 0.242. The van der Waals surface area contributed by atoms with E-state index in [1.165, 1.54) is 12.5 Å². The highest BCUT2D eigenvalue weighted by molar-refractivity contribution is 7.82. The number of nitrogens with one attached hydrogen (secondary N) is 1. The molecule has 1 saturated heterocycles. The molecule has 1 heterocycles. The van der Waals surface area contributed by atoms with Gasteiger partial charge < -0.3 is 10.1 Å². The van der Waals surface area contributed by atoms with Crippen molar-refractivity contribution >= 4 is 24.5 Å². The van der Waals surface area contributed by atoms with E-state index in [4.69, 9.17) is 17.4 Å². The minimum atomic E-state index is -0.711. The number of likely N-dealkylation sites (tertiary alicyclic amines) is 1. The van der Waals surface area contributed by atoms with Gasteiger partial charge in [-0.15, -0.1) is 0 Å². The Morgan fingerprint density at radius 1 is 1.29 bits per heavy atom. The van der Waals surface area contributed by atoms with Gasteiger partial charge in [-0.25, -0.2) is 4.79 Å². The maximum absolute atomic E-state index is 12.3. The molecule has 0 unspecified atom stereocenters. The Kier molecular flexibility index (Phi) is 6.69. The number of carbonyl (C=O) groups is 2. The lowest BCUT2D eigenvalue weighted by Gasteiger charge is -2.42. The molecule has 5 nitrogen and oxygen atoms in total. The lowest BCUT2D eigenvalue weighted by Crippen LogP contribution is -2.58. The average Bonchev–Trinajstić information content (AvgIpc) is 2.56. The van der Waals surface area contributed by atoms with Gasteiger partial charge in [0.25, 0.3) is 0 Å². The molecule has 1 fully saturated rings. The van der Waals surface area contributed by atoms with Crippen molar-refractivity contribution in [2.45, 2.75) is 44.0 Å². The summed E-state index contributed by atoms with van der Waals surface area (Å²) < 4.78 is 4.55. The molecule has 1 aliphatic rings. The molecule has 1 aliphatic heterocycles. The number of piperidine rings is 1. The van der Waals surface area contributed by atoms with Crippen LogP contribution in [0, 0.1) is 0 Å². The standard InChI is InChI=1S/C18H26N2O3S/c1-3-23-17(22)16(19-14(2)21)18(24)9-11-20(12-10-18)13-15-7-5-4-6-8-15/h4-8,16,24H,3,9-13H2,1-2H3,(H,19,21)/t16-/m0/s1. The zero-order chi connectivity index (χ0) is 17.6. The molecule has 132 valence electrons. The summed E-state index contributed by atoms with van der Waals surface area (Å²) in [6, 6.07) is 9.60. The van der Waals surface area contributed by atoms with E-state index >= 15 is 0 Å². The average molecular weight is 350 g/mol. The molecule has 0 saturated carbocycles. The lowest BCUT2D eigenvalue weighted by molar-refractivity contribution is -0.148. The quantitative estimate of drug-likeness (QED) is 0.609. The monoisotopic (exact) mass is 350 g/mol. The third kappa shape index (κ3) is 4.98. The van der Waals surface area contributed by atoms with E-state index < -0.39 is 16.8 Å². The Hall–Kier alpha value is -1.53. The first-order valence-corrected chi connectivity index (χ1v) is 8.82. The van der Waals surface area contributed by atoms with Crippen LogP contribution >= 0.6 is 12.6 Å². The summed E-state index contributed by atoms with van der Waals surface area (Å²) in [7, 11) is 0. The Balaban J connectivity index is 1.99. The van der Waals surface area contributed by atoms with Crippen LogP contribution in [0.15, 0.2) is 30.3 Å². The second kappa shape index (κ2) is 8.53. The van der Waals surface area contributed by atoms with E-state index in [2.05, 4.69) is 22.3 Å². The molecule has 0 aromatic heterocycles. The summed E-state index contributed by atoms with van der Waals surface area (Å²) in [6.45, 7) is 6.00. The fraction of sp³-hybridized carbons (Fsp3) is 0.556. The first-order valence-electron chi connectivity index (χ1n) is 8.37. The minimum Gasteiger partial charge on any atom is -0.464 e. The maximum Gasteiger partial charge on any atom is 0.330 e. The Labute approximate surface area is 149 Å². The van der Waals surface area contributed by atoms with E-state index in [1.54, 1.807) is 6.92 Å². The van der Waals surface area contributed by atoms with E-state index in [1.807, 2.05) is 18.2 Å². The highest BCUT2D eigenvalue weighted by Crippen LogP contribution is 2.33. The molecule has 1 N–H and O–H groups in total. The fourth-order valence-corrected chi connectivity index (χ4v) is 3.44. The van der Waals surface area contributed by atoms with Gasteiger partial charge in [0.05, 0.1) is 6.61 Å². The first-order chi connectivity index (χ1) is 11.4. The Morgan fingerprint density at radius 3 is 2.46 bits per heavy atom. The summed E-state index contributed by atoms with van der Waals surface area (Å²) >= 11 is 4.78. The van der Waals surface area contributed by atoms with Gasteiger partial charge in [-0.2, -0.15) is 12.6 Å². The van der Waals surface area contributed by atoms with Crippen LogP contribution < -0.4 is 5.32 Å². The number of thiol groups is 1. The SMILES string of the molecule is CCOC(=O)[C@H](NC(C)=O)C1(S)CCN(Cc2ccccc2)CC1. The third-order valence-electron chi connectivity index (χ3n) is 4.38. The second-order valence-electron chi connectivity index (χ2n) is 6.25. The van der Waals surface area contributed by atoms with Crippen LogP contribution in [0.4, 0.5) is 0 Å². The van der Waals surface area contributed by atoms with Gasteiger partial charge in [-0.05, 0) is 38.4 Å². The molecule has 1 aromatic rings. The van der Waals surface area contributed by atoms with E-state index in [9.17, 15) is 9.59 Å². The van der Waals surface area contributed by atoms with Crippen LogP contribution in [0.2, 0.25) is 0 Å².